The zero-order chi connectivity index (χ0) is 15.9. The highest BCUT2D eigenvalue weighted by molar-refractivity contribution is 7.71. The second-order valence-electron chi connectivity index (χ2n) is 5.24. The first-order valence-electron chi connectivity index (χ1n) is 7.70. The SMILES string of the molecule is CCCCOc1ccc(Cc2c(CC)[nH]c(=S)[nH]c2=O)cc1. The minimum atomic E-state index is -0.108. The molecule has 0 spiro atoms. The lowest BCUT2D eigenvalue weighted by molar-refractivity contribution is 0.309. The van der Waals surface area contributed by atoms with Crippen molar-refractivity contribution in [3.63, 3.8) is 0 Å². The van der Waals surface area contributed by atoms with Crippen LogP contribution in [0, 0.1) is 4.77 Å². The van der Waals surface area contributed by atoms with E-state index in [0.717, 1.165) is 48.4 Å². The first kappa shape index (κ1) is 16.5. The van der Waals surface area contributed by atoms with Crippen LogP contribution in [0.5, 0.6) is 5.75 Å². The molecule has 0 unspecified atom stereocenters. The monoisotopic (exact) mass is 318 g/mol. The molecule has 0 aliphatic carbocycles. The normalized spacial score (nSPS) is 10.6. The molecule has 118 valence electrons. The standard InChI is InChI=1S/C17H22N2O2S/c1-3-5-10-21-13-8-6-12(7-9-13)11-14-15(4-2)18-17(22)19-16(14)20/h6-9H,3-5,10-11H2,1-2H3,(H2,18,19,20,22). The van der Waals surface area contributed by atoms with Gasteiger partial charge in [-0.3, -0.25) is 9.78 Å². The number of aromatic amines is 2. The number of aryl methyl sites for hydroxylation is 1. The van der Waals surface area contributed by atoms with Crippen LogP contribution >= 0.6 is 12.2 Å². The van der Waals surface area contributed by atoms with Crippen LogP contribution in [0.15, 0.2) is 29.1 Å². The summed E-state index contributed by atoms with van der Waals surface area (Å²) in [5.41, 5.74) is 2.62. The minimum absolute atomic E-state index is 0.108. The van der Waals surface area contributed by atoms with Gasteiger partial charge in [0.05, 0.1) is 6.61 Å². The van der Waals surface area contributed by atoms with Crippen LogP contribution in [0.25, 0.3) is 0 Å². The lowest BCUT2D eigenvalue weighted by Crippen LogP contribution is -2.18. The highest BCUT2D eigenvalue weighted by Gasteiger charge is 2.08. The molecular formula is C17H22N2O2S. The van der Waals surface area contributed by atoms with Crippen molar-refractivity contribution >= 4 is 12.2 Å². The van der Waals surface area contributed by atoms with E-state index in [9.17, 15) is 4.79 Å². The van der Waals surface area contributed by atoms with Crippen LogP contribution in [-0.2, 0) is 12.8 Å². The third-order valence-corrected chi connectivity index (χ3v) is 3.76. The summed E-state index contributed by atoms with van der Waals surface area (Å²) in [6.45, 7) is 4.89. The van der Waals surface area contributed by atoms with Crippen molar-refractivity contribution in [3.05, 3.63) is 56.2 Å². The smallest absolute Gasteiger partial charge is 0.255 e. The van der Waals surface area contributed by atoms with Crippen LogP contribution in [0.3, 0.4) is 0 Å². The fraction of sp³-hybridized carbons (Fsp3) is 0.412. The Labute approximate surface area is 135 Å². The summed E-state index contributed by atoms with van der Waals surface area (Å²) >= 11 is 5.02. The fourth-order valence-electron chi connectivity index (χ4n) is 2.29. The van der Waals surface area contributed by atoms with Crippen LogP contribution in [0.1, 0.15) is 43.5 Å². The van der Waals surface area contributed by atoms with E-state index in [4.69, 9.17) is 17.0 Å². The van der Waals surface area contributed by atoms with Gasteiger partial charge >= 0.3 is 0 Å². The van der Waals surface area contributed by atoms with Gasteiger partial charge in [0.1, 0.15) is 5.75 Å². The van der Waals surface area contributed by atoms with Crippen molar-refractivity contribution in [2.75, 3.05) is 6.61 Å². The quantitative estimate of drug-likeness (QED) is 0.603. The van der Waals surface area contributed by atoms with Gasteiger partial charge in [-0.25, -0.2) is 0 Å². The molecule has 0 saturated carbocycles. The molecule has 0 aliphatic heterocycles. The minimum Gasteiger partial charge on any atom is -0.494 e. The van der Waals surface area contributed by atoms with E-state index in [1.54, 1.807) is 0 Å². The van der Waals surface area contributed by atoms with Crippen molar-refractivity contribution in [2.24, 2.45) is 0 Å². The van der Waals surface area contributed by atoms with E-state index in [1.165, 1.54) is 0 Å². The van der Waals surface area contributed by atoms with Gasteiger partial charge in [0, 0.05) is 17.7 Å². The van der Waals surface area contributed by atoms with E-state index in [0.29, 0.717) is 11.2 Å². The third-order valence-electron chi connectivity index (χ3n) is 3.55. The number of rotatable bonds is 7. The first-order chi connectivity index (χ1) is 10.6. The zero-order valence-corrected chi connectivity index (χ0v) is 13.9. The Morgan fingerprint density at radius 1 is 1.14 bits per heavy atom. The van der Waals surface area contributed by atoms with Crippen LogP contribution in [0.2, 0.25) is 0 Å². The van der Waals surface area contributed by atoms with E-state index in [2.05, 4.69) is 16.9 Å². The van der Waals surface area contributed by atoms with Crippen LogP contribution in [0.4, 0.5) is 0 Å². The van der Waals surface area contributed by atoms with Gasteiger partial charge in [-0.1, -0.05) is 32.4 Å². The predicted molar refractivity (Wildman–Crippen MR) is 91.3 cm³/mol. The average Bonchev–Trinajstić information content (AvgIpc) is 2.51. The van der Waals surface area contributed by atoms with Crippen molar-refractivity contribution in [3.8, 4) is 5.75 Å². The van der Waals surface area contributed by atoms with Crippen molar-refractivity contribution in [1.29, 1.82) is 0 Å². The van der Waals surface area contributed by atoms with Gasteiger partial charge in [0.2, 0.25) is 0 Å². The molecule has 0 aliphatic rings. The largest absolute Gasteiger partial charge is 0.494 e. The van der Waals surface area contributed by atoms with Gasteiger partial charge < -0.3 is 9.72 Å². The van der Waals surface area contributed by atoms with Gasteiger partial charge in [-0.2, -0.15) is 0 Å². The zero-order valence-electron chi connectivity index (χ0n) is 13.1. The molecule has 0 saturated heterocycles. The Bertz CT molecular complexity index is 717. The van der Waals surface area contributed by atoms with E-state index in [-0.39, 0.29) is 5.56 Å². The topological polar surface area (TPSA) is 57.9 Å². The number of hydrogen-bond acceptors (Lipinski definition) is 3. The summed E-state index contributed by atoms with van der Waals surface area (Å²) in [5.74, 6) is 0.870. The molecule has 1 aromatic heterocycles. The molecule has 0 radical (unpaired) electrons. The lowest BCUT2D eigenvalue weighted by atomic mass is 10.0. The van der Waals surface area contributed by atoms with E-state index in [1.807, 2.05) is 31.2 Å². The van der Waals surface area contributed by atoms with Crippen LogP contribution < -0.4 is 10.3 Å². The summed E-state index contributed by atoms with van der Waals surface area (Å²) < 4.78 is 6.03. The Hall–Kier alpha value is -1.88. The van der Waals surface area contributed by atoms with E-state index >= 15 is 0 Å². The molecule has 0 fully saturated rings. The maximum Gasteiger partial charge on any atom is 0.255 e. The molecule has 0 bridgehead atoms. The second-order valence-corrected chi connectivity index (χ2v) is 5.65. The molecule has 1 heterocycles. The van der Waals surface area contributed by atoms with Crippen molar-refractivity contribution in [2.45, 2.75) is 39.5 Å². The molecule has 0 amide bonds. The number of nitrogens with one attached hydrogen (secondary N) is 2. The summed E-state index contributed by atoms with van der Waals surface area (Å²) in [4.78, 5) is 17.8. The average molecular weight is 318 g/mol. The molecule has 4 nitrogen and oxygen atoms in total. The second kappa shape index (κ2) is 7.94. The highest BCUT2D eigenvalue weighted by atomic mass is 32.1. The number of aromatic nitrogens is 2. The first-order valence-corrected chi connectivity index (χ1v) is 8.11. The Morgan fingerprint density at radius 2 is 1.86 bits per heavy atom. The molecule has 2 aromatic rings. The number of hydrogen-bond donors (Lipinski definition) is 2. The molecule has 22 heavy (non-hydrogen) atoms. The van der Waals surface area contributed by atoms with Gasteiger partial charge in [0.25, 0.3) is 5.56 Å². The Morgan fingerprint density at radius 3 is 2.50 bits per heavy atom. The maximum absolute atomic E-state index is 12.1. The van der Waals surface area contributed by atoms with Crippen LogP contribution in [-0.4, -0.2) is 16.6 Å². The molecule has 2 N–H and O–H groups in total. The van der Waals surface area contributed by atoms with Crippen molar-refractivity contribution < 1.29 is 4.74 Å². The van der Waals surface area contributed by atoms with Gasteiger partial charge in [0.15, 0.2) is 4.77 Å². The molecule has 1 aromatic carbocycles. The maximum atomic E-state index is 12.1. The number of ether oxygens (including phenoxy) is 1. The summed E-state index contributed by atoms with van der Waals surface area (Å²) in [7, 11) is 0. The van der Waals surface area contributed by atoms with Gasteiger partial charge in [-0.15, -0.1) is 0 Å². The predicted octanol–water partition coefficient (Wildman–Crippen LogP) is 3.76. The van der Waals surface area contributed by atoms with E-state index < -0.39 is 0 Å². The molecule has 5 heteroatoms. The summed E-state index contributed by atoms with van der Waals surface area (Å²) in [5, 5.41) is 0. The fourth-order valence-corrected chi connectivity index (χ4v) is 2.51. The molecule has 0 atom stereocenters. The lowest BCUT2D eigenvalue weighted by Gasteiger charge is -2.09. The Balaban J connectivity index is 2.14. The molecule has 2 rings (SSSR count). The highest BCUT2D eigenvalue weighted by Crippen LogP contribution is 2.15. The number of benzene rings is 1. The third kappa shape index (κ3) is 4.31. The van der Waals surface area contributed by atoms with Gasteiger partial charge in [-0.05, 0) is 42.8 Å². The number of unbranched alkanes of at least 4 members (excludes halogenated alkanes) is 1. The summed E-state index contributed by atoms with van der Waals surface area (Å²) in [6, 6.07) is 7.91. The molecular weight excluding hydrogens is 296 g/mol. The number of H-pyrrole nitrogens is 2. The van der Waals surface area contributed by atoms with Crippen molar-refractivity contribution in [1.82, 2.24) is 9.97 Å². The Kier molecular flexibility index (Phi) is 5.95. The summed E-state index contributed by atoms with van der Waals surface area (Å²) in [6.07, 6.45) is 3.51.